The zero-order valence-electron chi connectivity index (χ0n) is 13.4. The Hall–Kier alpha value is -2.76. The number of aryl methyl sites for hydroxylation is 3. The summed E-state index contributed by atoms with van der Waals surface area (Å²) in [7, 11) is 0. The summed E-state index contributed by atoms with van der Waals surface area (Å²) in [5.41, 5.74) is 4.18. The first-order chi connectivity index (χ1) is 11.2. The molecular weight excluding hydrogens is 288 g/mol. The van der Waals surface area contributed by atoms with E-state index in [1.807, 2.05) is 29.8 Å². The molecule has 3 rings (SSSR count). The van der Waals surface area contributed by atoms with E-state index < -0.39 is 0 Å². The van der Waals surface area contributed by atoms with E-state index in [2.05, 4.69) is 38.4 Å². The average Bonchev–Trinajstić information content (AvgIpc) is 2.90. The predicted molar refractivity (Wildman–Crippen MR) is 90.1 cm³/mol. The van der Waals surface area contributed by atoms with Crippen LogP contribution in [0.4, 0.5) is 5.95 Å². The first-order valence-electron chi connectivity index (χ1n) is 7.71. The van der Waals surface area contributed by atoms with E-state index in [-0.39, 0.29) is 0 Å². The second-order valence-electron chi connectivity index (χ2n) is 5.43. The Morgan fingerprint density at radius 2 is 1.91 bits per heavy atom. The molecule has 0 unspecified atom stereocenters. The van der Waals surface area contributed by atoms with Gasteiger partial charge in [0.2, 0.25) is 5.95 Å². The molecule has 23 heavy (non-hydrogen) atoms. The van der Waals surface area contributed by atoms with Crippen LogP contribution < -0.4 is 5.32 Å². The molecule has 0 saturated heterocycles. The van der Waals surface area contributed by atoms with E-state index in [1.54, 1.807) is 18.6 Å². The normalized spacial score (nSPS) is 10.7. The third-order valence-electron chi connectivity index (χ3n) is 3.56. The van der Waals surface area contributed by atoms with Gasteiger partial charge in [-0.15, -0.1) is 0 Å². The Morgan fingerprint density at radius 1 is 1.09 bits per heavy atom. The van der Waals surface area contributed by atoms with E-state index >= 15 is 0 Å². The van der Waals surface area contributed by atoms with Crippen LogP contribution in [0, 0.1) is 13.8 Å². The quantitative estimate of drug-likeness (QED) is 0.709. The maximum absolute atomic E-state index is 4.54. The fraction of sp³-hybridized carbons (Fsp3) is 0.294. The van der Waals surface area contributed by atoms with Crippen LogP contribution in [0.5, 0.6) is 0 Å². The van der Waals surface area contributed by atoms with Gasteiger partial charge in [-0.25, -0.2) is 9.97 Å². The fourth-order valence-corrected chi connectivity index (χ4v) is 2.46. The van der Waals surface area contributed by atoms with Crippen molar-refractivity contribution in [3.05, 3.63) is 54.2 Å². The smallest absolute Gasteiger partial charge is 0.223 e. The van der Waals surface area contributed by atoms with Gasteiger partial charge in [-0.3, -0.25) is 9.67 Å². The largest absolute Gasteiger partial charge is 0.354 e. The predicted octanol–water partition coefficient (Wildman–Crippen LogP) is 2.85. The summed E-state index contributed by atoms with van der Waals surface area (Å²) in [5, 5.41) is 7.73. The summed E-state index contributed by atoms with van der Waals surface area (Å²) in [4.78, 5) is 12.8. The number of aromatic nitrogens is 5. The molecule has 1 N–H and O–H groups in total. The highest BCUT2D eigenvalue weighted by atomic mass is 15.3. The first-order valence-corrected chi connectivity index (χ1v) is 7.71. The molecule has 3 aromatic heterocycles. The average molecular weight is 308 g/mol. The molecule has 3 aromatic rings. The molecule has 3 heterocycles. The van der Waals surface area contributed by atoms with Gasteiger partial charge in [0.1, 0.15) is 0 Å². The lowest BCUT2D eigenvalue weighted by molar-refractivity contribution is 0.573. The van der Waals surface area contributed by atoms with Gasteiger partial charge in [0.15, 0.2) is 0 Å². The molecule has 0 aliphatic carbocycles. The molecule has 0 bridgehead atoms. The van der Waals surface area contributed by atoms with E-state index in [0.29, 0.717) is 5.95 Å². The highest BCUT2D eigenvalue weighted by Gasteiger charge is 2.03. The van der Waals surface area contributed by atoms with Gasteiger partial charge < -0.3 is 5.32 Å². The Morgan fingerprint density at radius 3 is 2.65 bits per heavy atom. The Bertz CT molecular complexity index is 766. The molecule has 118 valence electrons. The molecule has 0 aliphatic rings. The highest BCUT2D eigenvalue weighted by molar-refractivity contribution is 5.58. The third kappa shape index (κ3) is 3.91. The van der Waals surface area contributed by atoms with E-state index in [9.17, 15) is 0 Å². The highest BCUT2D eigenvalue weighted by Crippen LogP contribution is 2.16. The summed E-state index contributed by atoms with van der Waals surface area (Å²) in [6, 6.07) is 7.87. The van der Waals surface area contributed by atoms with Crippen LogP contribution in [0.3, 0.4) is 0 Å². The van der Waals surface area contributed by atoms with Gasteiger partial charge in [-0.2, -0.15) is 5.10 Å². The van der Waals surface area contributed by atoms with Crippen LogP contribution in [0.15, 0.2) is 42.9 Å². The molecule has 0 saturated carbocycles. The Labute approximate surface area is 135 Å². The van der Waals surface area contributed by atoms with Crippen molar-refractivity contribution in [3.63, 3.8) is 0 Å². The minimum absolute atomic E-state index is 0.646. The Balaban J connectivity index is 1.56. The molecular formula is C17H20N6. The van der Waals surface area contributed by atoms with Crippen LogP contribution in [-0.2, 0) is 6.54 Å². The van der Waals surface area contributed by atoms with Crippen molar-refractivity contribution in [2.24, 2.45) is 0 Å². The van der Waals surface area contributed by atoms with E-state index in [1.165, 1.54) is 5.69 Å². The first kappa shape index (κ1) is 15.1. The number of hydrogen-bond acceptors (Lipinski definition) is 5. The van der Waals surface area contributed by atoms with Gasteiger partial charge >= 0.3 is 0 Å². The SMILES string of the molecule is Cc1cc(C)n(CCCNc2nccc(-c3ccncc3)n2)n1. The lowest BCUT2D eigenvalue weighted by atomic mass is 10.2. The van der Waals surface area contributed by atoms with Gasteiger partial charge in [0.25, 0.3) is 0 Å². The van der Waals surface area contributed by atoms with Gasteiger partial charge in [0, 0.05) is 42.9 Å². The molecule has 0 aliphatic heterocycles. The van der Waals surface area contributed by atoms with Gasteiger partial charge in [-0.1, -0.05) is 0 Å². The minimum atomic E-state index is 0.646. The second kappa shape index (κ2) is 7.00. The zero-order chi connectivity index (χ0) is 16.1. The maximum atomic E-state index is 4.54. The summed E-state index contributed by atoms with van der Waals surface area (Å²) in [6.07, 6.45) is 6.26. The van der Waals surface area contributed by atoms with Crippen LogP contribution in [0.1, 0.15) is 17.8 Å². The second-order valence-corrected chi connectivity index (χ2v) is 5.43. The van der Waals surface area contributed by atoms with Crippen molar-refractivity contribution in [3.8, 4) is 11.3 Å². The molecule has 0 aromatic carbocycles. The minimum Gasteiger partial charge on any atom is -0.354 e. The van der Waals surface area contributed by atoms with Crippen molar-refractivity contribution in [2.75, 3.05) is 11.9 Å². The molecule has 0 radical (unpaired) electrons. The number of anilines is 1. The molecule has 0 spiro atoms. The number of rotatable bonds is 6. The van der Waals surface area contributed by atoms with Crippen molar-refractivity contribution >= 4 is 5.95 Å². The summed E-state index contributed by atoms with van der Waals surface area (Å²) in [6.45, 7) is 5.78. The topological polar surface area (TPSA) is 68.5 Å². The summed E-state index contributed by atoms with van der Waals surface area (Å²) in [5.74, 6) is 0.646. The number of nitrogens with one attached hydrogen (secondary N) is 1. The molecule has 0 fully saturated rings. The lowest BCUT2D eigenvalue weighted by Crippen LogP contribution is -2.10. The zero-order valence-corrected chi connectivity index (χ0v) is 13.4. The van der Waals surface area contributed by atoms with Crippen molar-refractivity contribution in [2.45, 2.75) is 26.8 Å². The number of nitrogens with zero attached hydrogens (tertiary/aromatic N) is 5. The Kier molecular flexibility index (Phi) is 4.61. The van der Waals surface area contributed by atoms with E-state index in [0.717, 1.165) is 36.5 Å². The monoisotopic (exact) mass is 308 g/mol. The van der Waals surface area contributed by atoms with Crippen LogP contribution in [0.2, 0.25) is 0 Å². The van der Waals surface area contributed by atoms with Crippen molar-refractivity contribution in [1.82, 2.24) is 24.7 Å². The molecule has 6 nitrogen and oxygen atoms in total. The number of pyridine rings is 1. The summed E-state index contributed by atoms with van der Waals surface area (Å²) < 4.78 is 2.03. The maximum Gasteiger partial charge on any atom is 0.223 e. The van der Waals surface area contributed by atoms with Crippen LogP contribution in [-0.4, -0.2) is 31.3 Å². The van der Waals surface area contributed by atoms with Gasteiger partial charge in [-0.05, 0) is 44.5 Å². The molecule has 0 amide bonds. The van der Waals surface area contributed by atoms with Gasteiger partial charge in [0.05, 0.1) is 11.4 Å². The summed E-state index contributed by atoms with van der Waals surface area (Å²) >= 11 is 0. The standard InChI is InChI=1S/C17H20N6/c1-13-12-14(2)23(22-13)11-3-7-19-17-20-10-6-16(21-17)15-4-8-18-9-5-15/h4-6,8-10,12H,3,7,11H2,1-2H3,(H,19,20,21). The van der Waals surface area contributed by atoms with Crippen LogP contribution in [0.25, 0.3) is 11.3 Å². The fourth-order valence-electron chi connectivity index (χ4n) is 2.46. The lowest BCUT2D eigenvalue weighted by Gasteiger charge is -2.07. The molecule has 0 atom stereocenters. The third-order valence-corrected chi connectivity index (χ3v) is 3.56. The molecule has 6 heteroatoms. The van der Waals surface area contributed by atoms with Crippen LogP contribution >= 0.6 is 0 Å². The van der Waals surface area contributed by atoms with E-state index in [4.69, 9.17) is 0 Å². The van der Waals surface area contributed by atoms with Crippen molar-refractivity contribution in [1.29, 1.82) is 0 Å². The van der Waals surface area contributed by atoms with Crippen molar-refractivity contribution < 1.29 is 0 Å². The number of hydrogen-bond donors (Lipinski definition) is 1.